The van der Waals surface area contributed by atoms with E-state index in [0.29, 0.717) is 16.5 Å². The SMILES string of the molecule is Cc1ccc(NC(=O)N(NC(=O)NC2CCCCC2)c2nc(-c3ccc(O)cc3)cs2)cc1. The summed E-state index contributed by atoms with van der Waals surface area (Å²) >= 11 is 1.24. The largest absolute Gasteiger partial charge is 0.508 e. The Hall–Kier alpha value is -3.59. The van der Waals surface area contributed by atoms with E-state index >= 15 is 0 Å². The second kappa shape index (κ2) is 10.4. The molecule has 0 bridgehead atoms. The Labute approximate surface area is 196 Å². The number of carbonyl (C=O) groups excluding carboxylic acids is 2. The van der Waals surface area contributed by atoms with E-state index in [9.17, 15) is 14.7 Å². The maximum Gasteiger partial charge on any atom is 0.347 e. The minimum Gasteiger partial charge on any atom is -0.508 e. The average molecular weight is 466 g/mol. The molecule has 3 aromatic rings. The lowest BCUT2D eigenvalue weighted by molar-refractivity contribution is 0.228. The van der Waals surface area contributed by atoms with E-state index in [1.54, 1.807) is 41.8 Å². The van der Waals surface area contributed by atoms with E-state index in [0.717, 1.165) is 41.8 Å². The number of nitrogens with one attached hydrogen (secondary N) is 3. The molecule has 2 aromatic carbocycles. The molecule has 0 aliphatic heterocycles. The minimum atomic E-state index is -0.524. The molecule has 0 radical (unpaired) electrons. The molecule has 8 nitrogen and oxygen atoms in total. The Morgan fingerprint density at radius 1 is 1.03 bits per heavy atom. The van der Waals surface area contributed by atoms with Gasteiger partial charge in [0.05, 0.1) is 5.69 Å². The molecule has 172 valence electrons. The first-order chi connectivity index (χ1) is 16.0. The summed E-state index contributed by atoms with van der Waals surface area (Å²) in [5, 5.41) is 18.6. The first-order valence-corrected chi connectivity index (χ1v) is 11.9. The van der Waals surface area contributed by atoms with Crippen molar-refractivity contribution in [3.8, 4) is 17.0 Å². The third kappa shape index (κ3) is 6.01. The van der Waals surface area contributed by atoms with Gasteiger partial charge in [0.15, 0.2) is 0 Å². The maximum absolute atomic E-state index is 13.1. The van der Waals surface area contributed by atoms with Crippen LogP contribution in [0.1, 0.15) is 37.7 Å². The summed E-state index contributed by atoms with van der Waals surface area (Å²) in [7, 11) is 0. The number of phenols is 1. The highest BCUT2D eigenvalue weighted by Gasteiger charge is 2.24. The van der Waals surface area contributed by atoms with Crippen molar-refractivity contribution in [2.24, 2.45) is 0 Å². The molecule has 9 heteroatoms. The van der Waals surface area contributed by atoms with Crippen molar-refractivity contribution in [3.63, 3.8) is 0 Å². The van der Waals surface area contributed by atoms with Gasteiger partial charge in [-0.05, 0) is 56.2 Å². The number of amides is 4. The van der Waals surface area contributed by atoms with Crippen molar-refractivity contribution >= 4 is 34.2 Å². The van der Waals surface area contributed by atoms with Gasteiger partial charge in [-0.3, -0.25) is 0 Å². The van der Waals surface area contributed by atoms with Crippen molar-refractivity contribution in [1.82, 2.24) is 15.7 Å². The molecule has 0 unspecified atom stereocenters. The molecule has 4 N–H and O–H groups in total. The number of benzene rings is 2. The predicted molar refractivity (Wildman–Crippen MR) is 130 cm³/mol. The number of urea groups is 2. The van der Waals surface area contributed by atoms with E-state index in [1.807, 2.05) is 19.1 Å². The Balaban J connectivity index is 1.53. The molecule has 33 heavy (non-hydrogen) atoms. The molecular formula is C24H27N5O3S. The van der Waals surface area contributed by atoms with Gasteiger partial charge < -0.3 is 15.7 Å². The highest BCUT2D eigenvalue weighted by molar-refractivity contribution is 7.14. The molecule has 0 saturated heterocycles. The van der Waals surface area contributed by atoms with Gasteiger partial charge >= 0.3 is 12.1 Å². The van der Waals surface area contributed by atoms with Gasteiger partial charge in [0.1, 0.15) is 5.75 Å². The minimum absolute atomic E-state index is 0.101. The van der Waals surface area contributed by atoms with Crippen molar-refractivity contribution < 1.29 is 14.7 Å². The highest BCUT2D eigenvalue weighted by Crippen LogP contribution is 2.28. The van der Waals surface area contributed by atoms with E-state index in [4.69, 9.17) is 0 Å². The van der Waals surface area contributed by atoms with Crippen LogP contribution in [-0.4, -0.2) is 28.2 Å². The van der Waals surface area contributed by atoms with E-state index < -0.39 is 12.1 Å². The summed E-state index contributed by atoms with van der Waals surface area (Å²) in [5.41, 5.74) is 5.78. The molecule has 1 aliphatic carbocycles. The van der Waals surface area contributed by atoms with Gasteiger partial charge in [0.2, 0.25) is 5.13 Å². The molecule has 1 saturated carbocycles. The van der Waals surface area contributed by atoms with Crippen LogP contribution in [0.4, 0.5) is 20.4 Å². The number of nitrogens with zero attached hydrogens (tertiary/aromatic N) is 2. The number of aromatic hydroxyl groups is 1. The number of carbonyl (C=O) groups is 2. The molecule has 1 aromatic heterocycles. The zero-order chi connectivity index (χ0) is 23.2. The topological polar surface area (TPSA) is 107 Å². The van der Waals surface area contributed by atoms with Crippen LogP contribution in [0.3, 0.4) is 0 Å². The Bertz CT molecular complexity index is 1090. The number of thiazole rings is 1. The second-order valence-corrected chi connectivity index (χ2v) is 8.95. The molecule has 4 rings (SSSR count). The standard InChI is InChI=1S/C24H27N5O3S/c1-16-7-11-19(12-8-16)26-23(32)29(28-22(31)25-18-5-3-2-4-6-18)24-27-21(15-33-24)17-9-13-20(30)14-10-17/h7-15,18,30H,2-6H2,1H3,(H,26,32)(H2,25,28,31). The molecular weight excluding hydrogens is 438 g/mol. The van der Waals surface area contributed by atoms with Crippen LogP contribution in [0.5, 0.6) is 5.75 Å². The van der Waals surface area contributed by atoms with Gasteiger partial charge in [-0.15, -0.1) is 11.3 Å². The lowest BCUT2D eigenvalue weighted by atomic mass is 9.96. The van der Waals surface area contributed by atoms with Crippen LogP contribution in [0.25, 0.3) is 11.3 Å². The number of hydrogen-bond acceptors (Lipinski definition) is 5. The van der Waals surface area contributed by atoms with Gasteiger partial charge in [-0.2, -0.15) is 5.01 Å². The fourth-order valence-corrected chi connectivity index (χ4v) is 4.49. The quantitative estimate of drug-likeness (QED) is 0.387. The third-order valence-electron chi connectivity index (χ3n) is 5.51. The fraction of sp³-hybridized carbons (Fsp3) is 0.292. The number of hydrazine groups is 1. The van der Waals surface area contributed by atoms with Crippen molar-refractivity contribution in [2.45, 2.75) is 45.1 Å². The Morgan fingerprint density at radius 2 is 1.73 bits per heavy atom. The number of aryl methyl sites for hydroxylation is 1. The van der Waals surface area contributed by atoms with Crippen LogP contribution < -0.4 is 21.1 Å². The van der Waals surface area contributed by atoms with Gasteiger partial charge in [-0.25, -0.2) is 20.0 Å². The summed E-state index contributed by atoms with van der Waals surface area (Å²) < 4.78 is 0. The van der Waals surface area contributed by atoms with Gasteiger partial charge in [0, 0.05) is 22.7 Å². The summed E-state index contributed by atoms with van der Waals surface area (Å²) in [5.74, 6) is 0.161. The first-order valence-electron chi connectivity index (χ1n) is 11.0. The smallest absolute Gasteiger partial charge is 0.347 e. The molecule has 1 fully saturated rings. The number of rotatable bonds is 4. The van der Waals surface area contributed by atoms with Crippen LogP contribution in [-0.2, 0) is 0 Å². The van der Waals surface area contributed by atoms with E-state index in [-0.39, 0.29) is 11.8 Å². The summed E-state index contributed by atoms with van der Waals surface area (Å²) in [6, 6.07) is 13.2. The number of phenolic OH excluding ortho intramolecular Hbond substituents is 1. The van der Waals surface area contributed by atoms with Gasteiger partial charge in [0.25, 0.3) is 0 Å². The monoisotopic (exact) mass is 465 g/mol. The first kappa shape index (κ1) is 22.6. The van der Waals surface area contributed by atoms with Crippen molar-refractivity contribution in [2.75, 3.05) is 10.3 Å². The molecule has 1 aliphatic rings. The van der Waals surface area contributed by atoms with Crippen LogP contribution in [0.15, 0.2) is 53.9 Å². The lowest BCUT2D eigenvalue weighted by Gasteiger charge is -2.26. The lowest BCUT2D eigenvalue weighted by Crippen LogP contribution is -2.54. The van der Waals surface area contributed by atoms with Gasteiger partial charge in [-0.1, -0.05) is 37.0 Å². The maximum atomic E-state index is 13.1. The second-order valence-electron chi connectivity index (χ2n) is 8.11. The summed E-state index contributed by atoms with van der Waals surface area (Å²) in [4.78, 5) is 30.4. The summed E-state index contributed by atoms with van der Waals surface area (Å²) in [6.07, 6.45) is 5.23. The number of aromatic nitrogens is 1. The van der Waals surface area contributed by atoms with E-state index in [2.05, 4.69) is 21.0 Å². The molecule has 4 amide bonds. The zero-order valence-corrected chi connectivity index (χ0v) is 19.2. The fourth-order valence-electron chi connectivity index (χ4n) is 3.70. The Kier molecular flexibility index (Phi) is 7.09. The van der Waals surface area contributed by atoms with E-state index in [1.165, 1.54) is 17.8 Å². The van der Waals surface area contributed by atoms with Crippen LogP contribution in [0.2, 0.25) is 0 Å². The summed E-state index contributed by atoms with van der Waals surface area (Å²) in [6.45, 7) is 1.97. The number of anilines is 2. The van der Waals surface area contributed by atoms with Crippen LogP contribution >= 0.6 is 11.3 Å². The normalized spacial score (nSPS) is 13.8. The van der Waals surface area contributed by atoms with Crippen molar-refractivity contribution in [1.29, 1.82) is 0 Å². The van der Waals surface area contributed by atoms with Crippen molar-refractivity contribution in [3.05, 3.63) is 59.5 Å². The number of hydrogen-bond donors (Lipinski definition) is 4. The molecule has 1 heterocycles. The zero-order valence-electron chi connectivity index (χ0n) is 18.4. The Morgan fingerprint density at radius 3 is 2.42 bits per heavy atom. The van der Waals surface area contributed by atoms with Crippen LogP contribution in [0, 0.1) is 6.92 Å². The molecule has 0 atom stereocenters. The molecule has 0 spiro atoms. The average Bonchev–Trinajstić information content (AvgIpc) is 3.30. The third-order valence-corrected chi connectivity index (χ3v) is 6.33. The predicted octanol–water partition coefficient (Wildman–Crippen LogP) is 5.41. The highest BCUT2D eigenvalue weighted by atomic mass is 32.1.